The van der Waals surface area contributed by atoms with Crippen molar-refractivity contribution in [1.82, 2.24) is 4.98 Å². The van der Waals surface area contributed by atoms with Crippen LogP contribution in [0.5, 0.6) is 0 Å². The van der Waals surface area contributed by atoms with E-state index in [0.717, 1.165) is 25.2 Å². The van der Waals surface area contributed by atoms with E-state index >= 15 is 0 Å². The molecule has 3 N–H and O–H groups in total. The van der Waals surface area contributed by atoms with Crippen LogP contribution in [0, 0.1) is 0 Å². The summed E-state index contributed by atoms with van der Waals surface area (Å²) in [6.07, 6.45) is 4.29. The van der Waals surface area contributed by atoms with Crippen molar-refractivity contribution >= 4 is 11.6 Å². The van der Waals surface area contributed by atoms with Gasteiger partial charge in [-0.15, -0.1) is 0 Å². The molecule has 0 aliphatic carbocycles. The first-order chi connectivity index (χ1) is 7.81. The molecule has 0 amide bonds. The lowest BCUT2D eigenvalue weighted by Gasteiger charge is -2.25. The quantitative estimate of drug-likeness (QED) is 0.807. The number of nitrogens with two attached hydrogens (primary N) is 1. The molecular formula is C12H19N3O. The van der Waals surface area contributed by atoms with E-state index in [0.29, 0.717) is 11.9 Å². The summed E-state index contributed by atoms with van der Waals surface area (Å²) in [5, 5.41) is 8.87. The molecule has 0 radical (unpaired) electrons. The molecule has 4 heteroatoms. The Morgan fingerprint density at radius 1 is 1.50 bits per heavy atom. The van der Waals surface area contributed by atoms with Crippen molar-refractivity contribution in [3.8, 4) is 0 Å². The van der Waals surface area contributed by atoms with Crippen LogP contribution in [-0.2, 0) is 0 Å². The standard InChI is InChI=1S/C12H19N3O/c13-11-6-1-7-12(14-11)15-8-2-4-10(15)5-3-9-16/h1,6-7,10,16H,2-5,8-9H2,(H2,13,14). The summed E-state index contributed by atoms with van der Waals surface area (Å²) in [6.45, 7) is 1.32. The molecule has 1 aromatic rings. The maximum absolute atomic E-state index is 8.87. The SMILES string of the molecule is Nc1cccc(N2CCCC2CCCO)n1. The summed E-state index contributed by atoms with van der Waals surface area (Å²) in [6, 6.07) is 6.27. The van der Waals surface area contributed by atoms with E-state index in [2.05, 4.69) is 9.88 Å². The summed E-state index contributed by atoms with van der Waals surface area (Å²) in [4.78, 5) is 6.67. The lowest BCUT2D eigenvalue weighted by Crippen LogP contribution is -2.30. The third kappa shape index (κ3) is 2.44. The van der Waals surface area contributed by atoms with Crippen LogP contribution in [0.15, 0.2) is 18.2 Å². The minimum Gasteiger partial charge on any atom is -0.396 e. The summed E-state index contributed by atoms with van der Waals surface area (Å²) < 4.78 is 0. The third-order valence-corrected chi connectivity index (χ3v) is 3.12. The number of aliphatic hydroxyl groups is 1. The maximum atomic E-state index is 8.87. The molecule has 1 aliphatic heterocycles. The van der Waals surface area contributed by atoms with Crippen molar-refractivity contribution in [2.75, 3.05) is 23.8 Å². The Bertz CT molecular complexity index is 343. The maximum Gasteiger partial charge on any atom is 0.131 e. The molecule has 0 spiro atoms. The number of aromatic nitrogens is 1. The van der Waals surface area contributed by atoms with Crippen LogP contribution in [0.25, 0.3) is 0 Å². The van der Waals surface area contributed by atoms with Gasteiger partial charge in [0.15, 0.2) is 0 Å². The normalized spacial score (nSPS) is 20.3. The number of pyridine rings is 1. The average molecular weight is 221 g/mol. The first-order valence-electron chi connectivity index (χ1n) is 5.91. The van der Waals surface area contributed by atoms with Crippen LogP contribution >= 0.6 is 0 Å². The van der Waals surface area contributed by atoms with Crippen molar-refractivity contribution in [1.29, 1.82) is 0 Å². The molecule has 2 heterocycles. The number of nitrogens with zero attached hydrogens (tertiary/aromatic N) is 2. The van der Waals surface area contributed by atoms with Crippen molar-refractivity contribution in [3.63, 3.8) is 0 Å². The number of nitrogen functional groups attached to an aromatic ring is 1. The Hall–Kier alpha value is -1.29. The molecule has 4 nitrogen and oxygen atoms in total. The molecule has 1 unspecified atom stereocenters. The smallest absolute Gasteiger partial charge is 0.131 e. The summed E-state index contributed by atoms with van der Waals surface area (Å²) >= 11 is 0. The molecule has 0 saturated carbocycles. The van der Waals surface area contributed by atoms with E-state index in [4.69, 9.17) is 10.8 Å². The fraction of sp³-hybridized carbons (Fsp3) is 0.583. The minimum atomic E-state index is 0.273. The Kier molecular flexibility index (Phi) is 3.62. The zero-order valence-electron chi connectivity index (χ0n) is 9.47. The monoisotopic (exact) mass is 221 g/mol. The first-order valence-corrected chi connectivity index (χ1v) is 5.91. The molecule has 1 aromatic heterocycles. The number of rotatable bonds is 4. The number of anilines is 2. The largest absolute Gasteiger partial charge is 0.396 e. The Labute approximate surface area is 96.1 Å². The highest BCUT2D eigenvalue weighted by Crippen LogP contribution is 2.26. The van der Waals surface area contributed by atoms with Crippen LogP contribution in [-0.4, -0.2) is 29.3 Å². The van der Waals surface area contributed by atoms with Gasteiger partial charge in [0, 0.05) is 19.2 Å². The molecule has 1 fully saturated rings. The van der Waals surface area contributed by atoms with Crippen LogP contribution in [0.2, 0.25) is 0 Å². The molecule has 88 valence electrons. The van der Waals surface area contributed by atoms with E-state index in [-0.39, 0.29) is 6.61 Å². The van der Waals surface area contributed by atoms with Crippen molar-refractivity contribution in [2.45, 2.75) is 31.7 Å². The van der Waals surface area contributed by atoms with Crippen LogP contribution in [0.3, 0.4) is 0 Å². The van der Waals surface area contributed by atoms with E-state index in [1.165, 1.54) is 12.8 Å². The van der Waals surface area contributed by atoms with Gasteiger partial charge in [-0.2, -0.15) is 0 Å². The number of aliphatic hydroxyl groups excluding tert-OH is 1. The molecule has 1 saturated heterocycles. The molecule has 2 rings (SSSR count). The van der Waals surface area contributed by atoms with E-state index < -0.39 is 0 Å². The Morgan fingerprint density at radius 3 is 3.12 bits per heavy atom. The summed E-state index contributed by atoms with van der Waals surface area (Å²) in [5.41, 5.74) is 5.69. The molecule has 0 bridgehead atoms. The van der Waals surface area contributed by atoms with Crippen molar-refractivity contribution < 1.29 is 5.11 Å². The second-order valence-electron chi connectivity index (χ2n) is 4.28. The second-order valence-corrected chi connectivity index (χ2v) is 4.28. The van der Waals surface area contributed by atoms with Crippen molar-refractivity contribution in [3.05, 3.63) is 18.2 Å². The fourth-order valence-corrected chi connectivity index (χ4v) is 2.36. The number of hydrogen-bond donors (Lipinski definition) is 2. The van der Waals surface area contributed by atoms with Crippen molar-refractivity contribution in [2.24, 2.45) is 0 Å². The predicted molar refractivity (Wildman–Crippen MR) is 65.3 cm³/mol. The van der Waals surface area contributed by atoms with Gasteiger partial charge in [0.2, 0.25) is 0 Å². The van der Waals surface area contributed by atoms with Gasteiger partial charge in [0.25, 0.3) is 0 Å². The van der Waals surface area contributed by atoms with Gasteiger partial charge >= 0.3 is 0 Å². The van der Waals surface area contributed by atoms with E-state index in [1.807, 2.05) is 18.2 Å². The molecule has 16 heavy (non-hydrogen) atoms. The summed E-state index contributed by atoms with van der Waals surface area (Å²) in [5.74, 6) is 1.55. The lowest BCUT2D eigenvalue weighted by molar-refractivity contribution is 0.279. The lowest BCUT2D eigenvalue weighted by atomic mass is 10.1. The third-order valence-electron chi connectivity index (χ3n) is 3.12. The first kappa shape index (κ1) is 11.2. The van der Waals surface area contributed by atoms with E-state index in [1.54, 1.807) is 0 Å². The van der Waals surface area contributed by atoms with Gasteiger partial charge in [-0.05, 0) is 37.8 Å². The topological polar surface area (TPSA) is 62.4 Å². The zero-order valence-corrected chi connectivity index (χ0v) is 9.47. The highest BCUT2D eigenvalue weighted by Gasteiger charge is 2.24. The summed E-state index contributed by atoms with van der Waals surface area (Å²) in [7, 11) is 0. The average Bonchev–Trinajstić information content (AvgIpc) is 2.74. The van der Waals surface area contributed by atoms with E-state index in [9.17, 15) is 0 Å². The van der Waals surface area contributed by atoms with Gasteiger partial charge in [0.1, 0.15) is 11.6 Å². The molecular weight excluding hydrogens is 202 g/mol. The van der Waals surface area contributed by atoms with Gasteiger partial charge in [-0.1, -0.05) is 6.07 Å². The molecule has 1 aliphatic rings. The molecule has 0 aromatic carbocycles. The zero-order chi connectivity index (χ0) is 11.4. The van der Waals surface area contributed by atoms with Crippen LogP contribution in [0.4, 0.5) is 11.6 Å². The number of hydrogen-bond acceptors (Lipinski definition) is 4. The molecule has 1 atom stereocenters. The van der Waals surface area contributed by atoms with Crippen LogP contribution < -0.4 is 10.6 Å². The minimum absolute atomic E-state index is 0.273. The highest BCUT2D eigenvalue weighted by atomic mass is 16.2. The highest BCUT2D eigenvalue weighted by molar-refractivity contribution is 5.46. The predicted octanol–water partition coefficient (Wildman–Crippen LogP) is 1.41. The van der Waals surface area contributed by atoms with Gasteiger partial charge in [-0.3, -0.25) is 0 Å². The van der Waals surface area contributed by atoms with Gasteiger partial charge in [0.05, 0.1) is 0 Å². The Morgan fingerprint density at radius 2 is 2.38 bits per heavy atom. The fourth-order valence-electron chi connectivity index (χ4n) is 2.36. The second kappa shape index (κ2) is 5.16. The van der Waals surface area contributed by atoms with Crippen LogP contribution in [0.1, 0.15) is 25.7 Å². The Balaban J connectivity index is 2.07. The van der Waals surface area contributed by atoms with Gasteiger partial charge in [-0.25, -0.2) is 4.98 Å². The van der Waals surface area contributed by atoms with Gasteiger partial charge < -0.3 is 15.7 Å².